The lowest BCUT2D eigenvalue weighted by atomic mass is 10.2. The topological polar surface area (TPSA) is 49.8 Å². The molecule has 1 saturated heterocycles. The number of hydrogen-bond acceptors (Lipinski definition) is 3. The van der Waals surface area contributed by atoms with E-state index in [1.165, 1.54) is 4.90 Å². The van der Waals surface area contributed by atoms with Gasteiger partial charge in [0.15, 0.2) is 6.61 Å². The monoisotopic (exact) mass is 321 g/mol. The summed E-state index contributed by atoms with van der Waals surface area (Å²) in [4.78, 5) is 13.1. The number of benzene rings is 1. The molecule has 1 amide bonds. The minimum Gasteiger partial charge on any atom is -0.484 e. The van der Waals surface area contributed by atoms with E-state index >= 15 is 0 Å². The molecule has 1 aliphatic rings. The molecule has 4 nitrogen and oxygen atoms in total. The van der Waals surface area contributed by atoms with Gasteiger partial charge in [0.2, 0.25) is 0 Å². The molecule has 0 radical (unpaired) electrons. The first-order valence-electron chi connectivity index (χ1n) is 6.65. The molecule has 0 unspecified atom stereocenters. The number of nitrogens with zero attached hydrogens (tertiary/aromatic N) is 1. The van der Waals surface area contributed by atoms with E-state index in [4.69, 9.17) is 9.84 Å². The maximum atomic E-state index is 13.2. The predicted molar refractivity (Wildman–Crippen MR) is 69.0 cm³/mol. The maximum absolute atomic E-state index is 13.2. The number of hydrogen-bond donors (Lipinski definition) is 1. The number of carbonyl (C=O) groups excluding carboxylic acids is 1. The van der Waals surface area contributed by atoms with Crippen LogP contribution in [0.5, 0.6) is 5.75 Å². The molecule has 0 bridgehead atoms. The predicted octanol–water partition coefficient (Wildman–Crippen LogP) is 2.02. The molecule has 1 N–H and O–H groups in total. The molecule has 1 aliphatic heterocycles. The molecule has 0 spiro atoms. The van der Waals surface area contributed by atoms with Gasteiger partial charge in [0.25, 0.3) is 5.91 Å². The van der Waals surface area contributed by atoms with Gasteiger partial charge in [0.1, 0.15) is 11.9 Å². The van der Waals surface area contributed by atoms with Gasteiger partial charge in [0, 0.05) is 6.42 Å². The van der Waals surface area contributed by atoms with Gasteiger partial charge in [0.05, 0.1) is 24.8 Å². The van der Waals surface area contributed by atoms with Crippen LogP contribution in [0.25, 0.3) is 0 Å². The Morgan fingerprint density at radius 2 is 1.95 bits per heavy atom. The van der Waals surface area contributed by atoms with Crippen molar-refractivity contribution >= 4 is 5.91 Å². The standard InChI is InChI=1S/C14H15F4NO3/c15-10-5-11(7-20)19(6-10)13(21)8-22-12-3-1-9(2-4-12)14(16,17)18/h1-4,10-11,20H,5-8H2/t10-,11-/m0/s1. The number of ether oxygens (including phenoxy) is 1. The number of aliphatic hydroxyl groups excluding tert-OH is 1. The van der Waals surface area contributed by atoms with Crippen molar-refractivity contribution in [3.63, 3.8) is 0 Å². The zero-order valence-corrected chi connectivity index (χ0v) is 11.5. The molecule has 1 aromatic rings. The number of likely N-dealkylation sites (tertiary alicyclic amines) is 1. The largest absolute Gasteiger partial charge is 0.484 e. The molecular weight excluding hydrogens is 306 g/mol. The Balaban J connectivity index is 1.91. The molecule has 1 heterocycles. The van der Waals surface area contributed by atoms with Crippen molar-refractivity contribution in [2.45, 2.75) is 24.8 Å². The number of alkyl halides is 4. The zero-order chi connectivity index (χ0) is 16.3. The third kappa shape index (κ3) is 3.88. The Hall–Kier alpha value is -1.83. The Morgan fingerprint density at radius 1 is 1.32 bits per heavy atom. The molecule has 1 aromatic carbocycles. The van der Waals surface area contributed by atoms with Gasteiger partial charge in [-0.25, -0.2) is 4.39 Å². The second-order valence-electron chi connectivity index (χ2n) is 5.03. The van der Waals surface area contributed by atoms with Crippen LogP contribution in [0.15, 0.2) is 24.3 Å². The van der Waals surface area contributed by atoms with Gasteiger partial charge in [-0.1, -0.05) is 0 Å². The van der Waals surface area contributed by atoms with Crippen molar-refractivity contribution < 1.29 is 32.2 Å². The molecule has 2 rings (SSSR count). The molecule has 1 fully saturated rings. The van der Waals surface area contributed by atoms with E-state index in [0.29, 0.717) is 0 Å². The summed E-state index contributed by atoms with van der Waals surface area (Å²) in [5.74, 6) is -0.406. The normalized spacial score (nSPS) is 22.0. The lowest BCUT2D eigenvalue weighted by Gasteiger charge is -2.22. The molecule has 0 aliphatic carbocycles. The van der Waals surface area contributed by atoms with E-state index in [9.17, 15) is 22.4 Å². The summed E-state index contributed by atoms with van der Waals surface area (Å²) in [5.41, 5.74) is -0.814. The van der Waals surface area contributed by atoms with E-state index in [1.807, 2.05) is 0 Å². The minimum absolute atomic E-state index is 0.0719. The fourth-order valence-corrected chi connectivity index (χ4v) is 2.31. The van der Waals surface area contributed by atoms with E-state index in [0.717, 1.165) is 24.3 Å². The highest BCUT2D eigenvalue weighted by Gasteiger charge is 2.35. The summed E-state index contributed by atoms with van der Waals surface area (Å²) in [7, 11) is 0. The summed E-state index contributed by atoms with van der Waals surface area (Å²) >= 11 is 0. The SMILES string of the molecule is O=C(COc1ccc(C(F)(F)F)cc1)N1C[C@@H](F)C[C@H]1CO. The summed E-state index contributed by atoms with van der Waals surface area (Å²) in [6, 6.07) is 3.34. The smallest absolute Gasteiger partial charge is 0.416 e. The van der Waals surface area contributed by atoms with Gasteiger partial charge in [-0.05, 0) is 24.3 Å². The maximum Gasteiger partial charge on any atom is 0.416 e. The highest BCUT2D eigenvalue weighted by atomic mass is 19.4. The van der Waals surface area contributed by atoms with Crippen molar-refractivity contribution in [1.29, 1.82) is 0 Å². The second-order valence-corrected chi connectivity index (χ2v) is 5.03. The number of aliphatic hydroxyl groups is 1. The van der Waals surface area contributed by atoms with Crippen molar-refractivity contribution in [2.24, 2.45) is 0 Å². The van der Waals surface area contributed by atoms with Crippen molar-refractivity contribution in [2.75, 3.05) is 19.8 Å². The first kappa shape index (κ1) is 16.5. The average molecular weight is 321 g/mol. The van der Waals surface area contributed by atoms with Crippen LogP contribution in [-0.2, 0) is 11.0 Å². The number of amides is 1. The number of rotatable bonds is 4. The molecule has 122 valence electrons. The first-order chi connectivity index (χ1) is 10.3. The number of halogens is 4. The summed E-state index contributed by atoms with van der Waals surface area (Å²) in [6.07, 6.45) is -5.55. The van der Waals surface area contributed by atoms with Gasteiger partial charge >= 0.3 is 6.18 Å². The third-order valence-electron chi connectivity index (χ3n) is 3.44. The van der Waals surface area contributed by atoms with Crippen molar-refractivity contribution in [1.82, 2.24) is 4.90 Å². The second kappa shape index (κ2) is 6.51. The van der Waals surface area contributed by atoms with Gasteiger partial charge < -0.3 is 14.7 Å². The van der Waals surface area contributed by atoms with Crippen LogP contribution in [0.2, 0.25) is 0 Å². The fourth-order valence-electron chi connectivity index (χ4n) is 2.31. The summed E-state index contributed by atoms with van der Waals surface area (Å²) < 4.78 is 55.5. The van der Waals surface area contributed by atoms with Crippen LogP contribution in [0, 0.1) is 0 Å². The fraction of sp³-hybridized carbons (Fsp3) is 0.500. The van der Waals surface area contributed by atoms with Crippen LogP contribution in [0.3, 0.4) is 0 Å². The van der Waals surface area contributed by atoms with Crippen LogP contribution in [-0.4, -0.2) is 47.9 Å². The van der Waals surface area contributed by atoms with E-state index in [2.05, 4.69) is 0 Å². The number of carbonyl (C=O) groups is 1. The van der Waals surface area contributed by atoms with Crippen LogP contribution >= 0.6 is 0 Å². The minimum atomic E-state index is -4.44. The van der Waals surface area contributed by atoms with Crippen molar-refractivity contribution in [3.05, 3.63) is 29.8 Å². The lowest BCUT2D eigenvalue weighted by molar-refractivity contribution is -0.138. The third-order valence-corrected chi connectivity index (χ3v) is 3.44. The Bertz CT molecular complexity index is 518. The van der Waals surface area contributed by atoms with Crippen LogP contribution in [0.1, 0.15) is 12.0 Å². The molecule has 0 saturated carbocycles. The Labute approximate surface area is 124 Å². The van der Waals surface area contributed by atoms with E-state index in [-0.39, 0.29) is 25.3 Å². The molecular formula is C14H15F4NO3. The highest BCUT2D eigenvalue weighted by molar-refractivity contribution is 5.78. The van der Waals surface area contributed by atoms with E-state index in [1.54, 1.807) is 0 Å². The van der Waals surface area contributed by atoms with Gasteiger partial charge in [-0.15, -0.1) is 0 Å². The van der Waals surface area contributed by atoms with Crippen LogP contribution in [0.4, 0.5) is 17.6 Å². The van der Waals surface area contributed by atoms with Crippen LogP contribution < -0.4 is 4.74 Å². The molecule has 8 heteroatoms. The summed E-state index contributed by atoms with van der Waals surface area (Å²) in [5, 5.41) is 9.09. The van der Waals surface area contributed by atoms with E-state index < -0.39 is 36.5 Å². The van der Waals surface area contributed by atoms with Gasteiger partial charge in [-0.2, -0.15) is 13.2 Å². The zero-order valence-electron chi connectivity index (χ0n) is 11.5. The first-order valence-corrected chi connectivity index (χ1v) is 6.65. The molecule has 2 atom stereocenters. The molecule has 0 aromatic heterocycles. The Kier molecular flexibility index (Phi) is 4.90. The highest BCUT2D eigenvalue weighted by Crippen LogP contribution is 2.30. The summed E-state index contributed by atoms with van der Waals surface area (Å²) in [6.45, 7) is -0.874. The lowest BCUT2D eigenvalue weighted by Crippen LogP contribution is -2.40. The molecule has 22 heavy (non-hydrogen) atoms. The van der Waals surface area contributed by atoms with Crippen molar-refractivity contribution in [3.8, 4) is 5.75 Å². The Morgan fingerprint density at radius 3 is 2.50 bits per heavy atom. The quantitative estimate of drug-likeness (QED) is 0.863. The average Bonchev–Trinajstić information content (AvgIpc) is 2.85. The van der Waals surface area contributed by atoms with Gasteiger partial charge in [-0.3, -0.25) is 4.79 Å².